The van der Waals surface area contributed by atoms with Crippen LogP contribution in [-0.4, -0.2) is 9.97 Å². The molecule has 2 aliphatic carbocycles. The number of hydrogen-bond acceptors (Lipinski definition) is 2. The third-order valence-corrected chi connectivity index (χ3v) is 9.99. The van der Waals surface area contributed by atoms with Crippen molar-refractivity contribution < 1.29 is 0 Å². The van der Waals surface area contributed by atoms with Crippen molar-refractivity contribution in [3.05, 3.63) is 198 Å². The first-order valence-electron chi connectivity index (χ1n) is 18.0. The molecule has 0 amide bonds. The van der Waals surface area contributed by atoms with Gasteiger partial charge in [0.2, 0.25) is 0 Å². The minimum absolute atomic E-state index is 0.0874. The summed E-state index contributed by atoms with van der Waals surface area (Å²) in [6, 6.07) is 38.6. The van der Waals surface area contributed by atoms with Crippen LogP contribution >= 0.6 is 0 Å². The molecule has 0 spiro atoms. The minimum atomic E-state index is 0.0874. The van der Waals surface area contributed by atoms with E-state index in [2.05, 4.69) is 185 Å². The van der Waals surface area contributed by atoms with Crippen LogP contribution in [-0.2, 0) is 0 Å². The molecule has 0 N–H and O–H groups in total. The summed E-state index contributed by atoms with van der Waals surface area (Å²) in [7, 11) is 0. The van der Waals surface area contributed by atoms with Gasteiger partial charge in [0.1, 0.15) is 5.82 Å². The molecule has 0 fully saturated rings. The van der Waals surface area contributed by atoms with Gasteiger partial charge < -0.3 is 0 Å². The predicted molar refractivity (Wildman–Crippen MR) is 218 cm³/mol. The van der Waals surface area contributed by atoms with Crippen LogP contribution < -0.4 is 0 Å². The van der Waals surface area contributed by atoms with E-state index >= 15 is 0 Å². The van der Waals surface area contributed by atoms with Gasteiger partial charge in [0, 0.05) is 23.0 Å². The molecule has 7 rings (SSSR count). The molecule has 250 valence electrons. The second-order valence-electron chi connectivity index (χ2n) is 13.5. The zero-order chi connectivity index (χ0) is 35.2. The molecule has 2 nitrogen and oxygen atoms in total. The van der Waals surface area contributed by atoms with Crippen LogP contribution in [0.15, 0.2) is 175 Å². The van der Waals surface area contributed by atoms with E-state index in [0.717, 1.165) is 52.3 Å². The lowest BCUT2D eigenvalue weighted by Gasteiger charge is -2.15. The Balaban J connectivity index is 1.26. The molecule has 0 bridgehead atoms. The highest BCUT2D eigenvalue weighted by molar-refractivity contribution is 5.78. The summed E-state index contributed by atoms with van der Waals surface area (Å²) in [5, 5.41) is 0. The maximum atomic E-state index is 5.29. The maximum absolute atomic E-state index is 5.29. The van der Waals surface area contributed by atoms with Crippen LogP contribution in [0.5, 0.6) is 0 Å². The zero-order valence-electron chi connectivity index (χ0n) is 29.8. The average Bonchev–Trinajstić information content (AvgIpc) is 3.53. The number of rotatable bonds is 8. The summed E-state index contributed by atoms with van der Waals surface area (Å²) in [4.78, 5) is 10.6. The largest absolute Gasteiger partial charge is 0.232 e. The summed E-state index contributed by atoms with van der Waals surface area (Å²) >= 11 is 0. The molecule has 51 heavy (non-hydrogen) atoms. The number of aromatic nitrogens is 2. The van der Waals surface area contributed by atoms with Gasteiger partial charge in [0.15, 0.2) is 0 Å². The van der Waals surface area contributed by atoms with Crippen LogP contribution in [0.4, 0.5) is 0 Å². The fraction of sp³-hybridized carbons (Fsp3) is 0.143. The van der Waals surface area contributed by atoms with Crippen molar-refractivity contribution in [3.63, 3.8) is 0 Å². The SMILES string of the molecule is C=C/C(=C\C(C)=C/C)c1ccc(-c2cc(-c3cccc(-c4ccccc4)c3)nc(C3C=CC(C4C=Cc5ccccc5C=C4C)=CCC3)n2)cc1. The summed E-state index contributed by atoms with van der Waals surface area (Å²) in [5.74, 6) is 1.18. The van der Waals surface area contributed by atoms with Crippen LogP contribution in [0.3, 0.4) is 0 Å². The Morgan fingerprint density at radius 3 is 2.20 bits per heavy atom. The molecular formula is C49H44N2. The lowest BCUT2D eigenvalue weighted by atomic mass is 9.90. The van der Waals surface area contributed by atoms with E-state index in [1.165, 1.54) is 39.0 Å². The highest BCUT2D eigenvalue weighted by atomic mass is 14.9. The molecule has 0 radical (unpaired) electrons. The van der Waals surface area contributed by atoms with Gasteiger partial charge in [0.05, 0.1) is 11.4 Å². The van der Waals surface area contributed by atoms with E-state index < -0.39 is 0 Å². The molecule has 2 heteroatoms. The van der Waals surface area contributed by atoms with Crippen molar-refractivity contribution in [2.24, 2.45) is 5.92 Å². The van der Waals surface area contributed by atoms with Crippen molar-refractivity contribution in [3.8, 4) is 33.6 Å². The van der Waals surface area contributed by atoms with Gasteiger partial charge in [0.25, 0.3) is 0 Å². The van der Waals surface area contributed by atoms with E-state index in [1.54, 1.807) is 0 Å². The van der Waals surface area contributed by atoms with Gasteiger partial charge in [-0.2, -0.15) is 0 Å². The number of benzene rings is 4. The topological polar surface area (TPSA) is 25.8 Å². The summed E-state index contributed by atoms with van der Waals surface area (Å²) in [6.45, 7) is 10.5. The maximum Gasteiger partial charge on any atom is 0.136 e. The molecular weight excluding hydrogens is 617 g/mol. The average molecular weight is 661 g/mol. The molecule has 1 heterocycles. The molecule has 1 aromatic heterocycles. The third kappa shape index (κ3) is 7.66. The zero-order valence-corrected chi connectivity index (χ0v) is 29.8. The molecule has 5 aromatic rings. The van der Waals surface area contributed by atoms with Crippen LogP contribution in [0.2, 0.25) is 0 Å². The molecule has 2 unspecified atom stereocenters. The molecule has 2 atom stereocenters. The van der Waals surface area contributed by atoms with Crippen LogP contribution in [0.1, 0.15) is 62.0 Å². The lowest BCUT2D eigenvalue weighted by Crippen LogP contribution is -2.05. The third-order valence-electron chi connectivity index (χ3n) is 9.99. The van der Waals surface area contributed by atoms with E-state index in [9.17, 15) is 0 Å². The summed E-state index contributed by atoms with van der Waals surface area (Å²) in [5.41, 5.74) is 15.0. The Bertz CT molecular complexity index is 2240. The van der Waals surface area contributed by atoms with Gasteiger partial charge >= 0.3 is 0 Å². The molecule has 0 saturated carbocycles. The number of hydrogen-bond donors (Lipinski definition) is 0. The monoisotopic (exact) mass is 660 g/mol. The van der Waals surface area contributed by atoms with Gasteiger partial charge in [-0.1, -0.05) is 169 Å². The molecule has 0 aliphatic heterocycles. The van der Waals surface area contributed by atoms with Crippen molar-refractivity contribution in [1.82, 2.24) is 9.97 Å². The first kappa shape index (κ1) is 33.6. The van der Waals surface area contributed by atoms with Crippen molar-refractivity contribution in [1.29, 1.82) is 0 Å². The standard InChI is InChI=1S/C49H44N2/c1-5-34(3)30-36(6-2)39-22-25-41(26-23-39)47-33-48(45-21-13-20-44(32-45)37-14-8-7-9-15-37)51-49(50-47)42-19-12-18-40(24-27-42)46-29-28-38-16-10-11-17-43(38)31-35(46)4/h5-11,13-18,20-33,42,46H,2,12,19H2,1,3-4H3/b34-5-,36-30+. The van der Waals surface area contributed by atoms with Gasteiger partial charge in [-0.25, -0.2) is 9.97 Å². The Morgan fingerprint density at radius 2 is 1.43 bits per heavy atom. The van der Waals surface area contributed by atoms with Crippen molar-refractivity contribution >= 4 is 17.7 Å². The lowest BCUT2D eigenvalue weighted by molar-refractivity contribution is 0.706. The van der Waals surface area contributed by atoms with Crippen molar-refractivity contribution in [2.75, 3.05) is 0 Å². The molecule has 4 aromatic carbocycles. The Kier molecular flexibility index (Phi) is 10.1. The highest BCUT2D eigenvalue weighted by Gasteiger charge is 2.21. The quantitative estimate of drug-likeness (QED) is 0.155. The molecule has 0 saturated heterocycles. The van der Waals surface area contributed by atoms with Crippen molar-refractivity contribution in [2.45, 2.75) is 39.5 Å². The Hall–Kier alpha value is -5.86. The van der Waals surface area contributed by atoms with Crippen LogP contribution in [0, 0.1) is 5.92 Å². The smallest absolute Gasteiger partial charge is 0.136 e. The first-order valence-corrected chi connectivity index (χ1v) is 18.0. The normalized spacial score (nSPS) is 17.5. The first-order chi connectivity index (χ1) is 25.0. The van der Waals surface area contributed by atoms with Crippen LogP contribution in [0.25, 0.3) is 51.4 Å². The highest BCUT2D eigenvalue weighted by Crippen LogP contribution is 2.36. The van der Waals surface area contributed by atoms with Gasteiger partial charge in [-0.15, -0.1) is 0 Å². The predicted octanol–water partition coefficient (Wildman–Crippen LogP) is 13.1. The fourth-order valence-corrected chi connectivity index (χ4v) is 6.96. The minimum Gasteiger partial charge on any atom is -0.232 e. The number of nitrogens with zero attached hydrogens (tertiary/aromatic N) is 2. The number of allylic oxidation sites excluding steroid dienone is 11. The molecule has 2 aliphatic rings. The van der Waals surface area contributed by atoms with E-state index in [4.69, 9.17) is 9.97 Å². The van der Waals surface area contributed by atoms with E-state index in [-0.39, 0.29) is 11.8 Å². The van der Waals surface area contributed by atoms with E-state index in [0.29, 0.717) is 0 Å². The summed E-state index contributed by atoms with van der Waals surface area (Å²) < 4.78 is 0. The van der Waals surface area contributed by atoms with E-state index in [1.807, 2.05) is 6.08 Å². The summed E-state index contributed by atoms with van der Waals surface area (Å²) in [6.07, 6.45) is 22.1. The second-order valence-corrected chi connectivity index (χ2v) is 13.5. The Labute approximate surface area is 303 Å². The Morgan fingerprint density at radius 1 is 0.725 bits per heavy atom. The van der Waals surface area contributed by atoms with Gasteiger partial charge in [-0.3, -0.25) is 0 Å². The number of fused-ring (bicyclic) bond motifs is 1. The van der Waals surface area contributed by atoms with Gasteiger partial charge in [-0.05, 0) is 84.7 Å². The second kappa shape index (κ2) is 15.4. The fourth-order valence-electron chi connectivity index (χ4n) is 6.96.